The molecule has 21 heavy (non-hydrogen) atoms. The van der Waals surface area contributed by atoms with Crippen molar-refractivity contribution in [2.75, 3.05) is 18.5 Å². The molecule has 1 aromatic heterocycles. The van der Waals surface area contributed by atoms with Crippen LogP contribution in [0.2, 0.25) is 0 Å². The molecule has 1 aliphatic heterocycles. The average Bonchev–Trinajstić information content (AvgIpc) is 2.84. The van der Waals surface area contributed by atoms with E-state index < -0.39 is 5.60 Å². The number of pyridine rings is 1. The first kappa shape index (κ1) is 13.8. The van der Waals surface area contributed by atoms with Crippen molar-refractivity contribution in [2.45, 2.75) is 25.0 Å². The van der Waals surface area contributed by atoms with E-state index in [2.05, 4.69) is 16.4 Å². The average molecular weight is 283 g/mol. The first-order chi connectivity index (χ1) is 10.1. The summed E-state index contributed by atoms with van der Waals surface area (Å²) in [5.41, 5.74) is 0.380. The predicted octanol–water partition coefficient (Wildman–Crippen LogP) is 2.06. The number of benzene rings is 1. The minimum atomic E-state index is -0.917. The minimum absolute atomic E-state index is 0.226. The zero-order valence-corrected chi connectivity index (χ0v) is 11.8. The first-order valence-electron chi connectivity index (χ1n) is 7.00. The molecule has 108 valence electrons. The molecule has 0 aliphatic carbocycles. The van der Waals surface area contributed by atoms with Crippen molar-refractivity contribution in [1.29, 1.82) is 5.26 Å². The maximum atomic E-state index is 10.5. The van der Waals surface area contributed by atoms with Gasteiger partial charge in [-0.05, 0) is 19.1 Å². The van der Waals surface area contributed by atoms with Crippen LogP contribution < -0.4 is 5.32 Å². The number of nitrogens with one attached hydrogen (secondary N) is 1. The summed E-state index contributed by atoms with van der Waals surface area (Å²) in [6.45, 7) is 2.72. The maximum absolute atomic E-state index is 10.5. The van der Waals surface area contributed by atoms with Gasteiger partial charge in [-0.1, -0.05) is 18.2 Å². The van der Waals surface area contributed by atoms with Gasteiger partial charge >= 0.3 is 0 Å². The highest BCUT2D eigenvalue weighted by molar-refractivity contribution is 5.82. The molecule has 5 heteroatoms. The summed E-state index contributed by atoms with van der Waals surface area (Å²) in [4.78, 5) is 4.48. The van der Waals surface area contributed by atoms with Crippen LogP contribution in [0.5, 0.6) is 0 Å². The number of ether oxygens (including phenoxy) is 1. The molecule has 2 unspecified atom stereocenters. The first-order valence-corrected chi connectivity index (χ1v) is 7.00. The van der Waals surface area contributed by atoms with Crippen LogP contribution in [0.3, 0.4) is 0 Å². The maximum Gasteiger partial charge on any atom is 0.144 e. The molecule has 5 nitrogen and oxygen atoms in total. The fraction of sp³-hybridized carbons (Fsp3) is 0.375. The van der Waals surface area contributed by atoms with E-state index in [0.717, 1.165) is 10.9 Å². The van der Waals surface area contributed by atoms with Gasteiger partial charge in [0.25, 0.3) is 0 Å². The van der Waals surface area contributed by atoms with E-state index in [9.17, 15) is 10.4 Å². The van der Waals surface area contributed by atoms with Gasteiger partial charge in [-0.2, -0.15) is 5.26 Å². The van der Waals surface area contributed by atoms with E-state index in [1.807, 2.05) is 37.3 Å². The number of rotatable bonds is 3. The Hall–Kier alpha value is -2.16. The Morgan fingerprint density at radius 2 is 2.33 bits per heavy atom. The minimum Gasteiger partial charge on any atom is -0.385 e. The molecule has 0 saturated carbocycles. The van der Waals surface area contributed by atoms with Crippen LogP contribution in [0.4, 0.5) is 5.82 Å². The van der Waals surface area contributed by atoms with Crippen molar-refractivity contribution in [3.8, 4) is 6.07 Å². The molecule has 0 amide bonds. The van der Waals surface area contributed by atoms with E-state index in [1.165, 1.54) is 0 Å². The molecule has 0 bridgehead atoms. The van der Waals surface area contributed by atoms with Crippen LogP contribution in [-0.2, 0) is 4.74 Å². The van der Waals surface area contributed by atoms with Crippen molar-refractivity contribution in [2.24, 2.45) is 0 Å². The van der Waals surface area contributed by atoms with Crippen molar-refractivity contribution in [1.82, 2.24) is 4.98 Å². The molecule has 2 N–H and O–H groups in total. The van der Waals surface area contributed by atoms with Gasteiger partial charge in [0, 0.05) is 25.0 Å². The summed E-state index contributed by atoms with van der Waals surface area (Å²) in [6.07, 6.45) is 0.354. The fourth-order valence-electron chi connectivity index (χ4n) is 2.58. The highest BCUT2D eigenvalue weighted by atomic mass is 16.5. The molecular weight excluding hydrogens is 266 g/mol. The lowest BCUT2D eigenvalue weighted by molar-refractivity contribution is -0.0176. The quantitative estimate of drug-likeness (QED) is 0.901. The van der Waals surface area contributed by atoms with Gasteiger partial charge in [0.2, 0.25) is 0 Å². The van der Waals surface area contributed by atoms with Crippen LogP contribution in [0.15, 0.2) is 30.3 Å². The Balaban J connectivity index is 1.88. The van der Waals surface area contributed by atoms with Gasteiger partial charge < -0.3 is 15.2 Å². The standard InChI is InChI=1S/C16H17N3O2/c1-11-16(20,6-7-21-11)10-18-15-13(9-17)8-12-4-2-3-5-14(12)19-15/h2-5,8,11,20H,6-7,10H2,1H3,(H,18,19). The molecule has 1 aliphatic rings. The number of fused-ring (bicyclic) bond motifs is 1. The van der Waals surface area contributed by atoms with Gasteiger partial charge in [0.15, 0.2) is 0 Å². The number of aromatic nitrogens is 1. The third-order valence-corrected chi connectivity index (χ3v) is 4.07. The van der Waals surface area contributed by atoms with E-state index in [-0.39, 0.29) is 6.10 Å². The van der Waals surface area contributed by atoms with E-state index >= 15 is 0 Å². The number of para-hydroxylation sites is 1. The van der Waals surface area contributed by atoms with Gasteiger partial charge in [-0.3, -0.25) is 0 Å². The molecule has 2 aromatic rings. The number of hydrogen-bond acceptors (Lipinski definition) is 5. The molecular formula is C16H17N3O2. The summed E-state index contributed by atoms with van der Waals surface area (Å²) in [5.74, 6) is 0.503. The number of aliphatic hydroxyl groups is 1. The summed E-state index contributed by atoms with van der Waals surface area (Å²) in [6, 6.07) is 11.6. The molecule has 1 saturated heterocycles. The lowest BCUT2D eigenvalue weighted by atomic mass is 9.96. The third kappa shape index (κ3) is 2.56. The third-order valence-electron chi connectivity index (χ3n) is 4.07. The zero-order chi connectivity index (χ0) is 14.9. The fourth-order valence-corrected chi connectivity index (χ4v) is 2.58. The summed E-state index contributed by atoms with van der Waals surface area (Å²) in [5, 5.41) is 23.8. The smallest absolute Gasteiger partial charge is 0.144 e. The van der Waals surface area contributed by atoms with Crippen LogP contribution in [0, 0.1) is 11.3 Å². The normalized spacial score (nSPS) is 24.9. The molecule has 2 heterocycles. The summed E-state index contributed by atoms with van der Waals surface area (Å²) < 4.78 is 5.41. The number of nitriles is 1. The lowest BCUT2D eigenvalue weighted by Gasteiger charge is -2.26. The topological polar surface area (TPSA) is 78.2 Å². The summed E-state index contributed by atoms with van der Waals surface area (Å²) >= 11 is 0. The van der Waals surface area contributed by atoms with Crippen LogP contribution in [0.1, 0.15) is 18.9 Å². The predicted molar refractivity (Wildman–Crippen MR) is 79.9 cm³/mol. The SMILES string of the molecule is CC1OCCC1(O)CNc1nc2ccccc2cc1C#N. The van der Waals surface area contributed by atoms with Crippen molar-refractivity contribution < 1.29 is 9.84 Å². The lowest BCUT2D eigenvalue weighted by Crippen LogP contribution is -2.43. The molecule has 1 aromatic carbocycles. The van der Waals surface area contributed by atoms with Crippen molar-refractivity contribution in [3.63, 3.8) is 0 Å². The van der Waals surface area contributed by atoms with E-state index in [1.54, 1.807) is 0 Å². The zero-order valence-electron chi connectivity index (χ0n) is 11.8. The monoisotopic (exact) mass is 283 g/mol. The van der Waals surface area contributed by atoms with E-state index in [0.29, 0.717) is 31.0 Å². The van der Waals surface area contributed by atoms with Crippen LogP contribution in [-0.4, -0.2) is 34.9 Å². The number of anilines is 1. The number of nitrogens with zero attached hydrogens (tertiary/aromatic N) is 2. The van der Waals surface area contributed by atoms with Crippen LogP contribution >= 0.6 is 0 Å². The largest absolute Gasteiger partial charge is 0.385 e. The highest BCUT2D eigenvalue weighted by Crippen LogP contribution is 2.27. The second-order valence-corrected chi connectivity index (χ2v) is 5.41. The molecule has 0 spiro atoms. The Kier molecular flexibility index (Phi) is 3.50. The second kappa shape index (κ2) is 5.32. The highest BCUT2D eigenvalue weighted by Gasteiger charge is 2.39. The van der Waals surface area contributed by atoms with Crippen molar-refractivity contribution >= 4 is 16.7 Å². The van der Waals surface area contributed by atoms with E-state index in [4.69, 9.17) is 4.74 Å². The van der Waals surface area contributed by atoms with Gasteiger partial charge in [-0.25, -0.2) is 4.98 Å². The molecule has 2 atom stereocenters. The van der Waals surface area contributed by atoms with Gasteiger partial charge in [0.05, 0.1) is 17.2 Å². The second-order valence-electron chi connectivity index (χ2n) is 5.41. The molecule has 3 rings (SSSR count). The Morgan fingerprint density at radius 1 is 1.52 bits per heavy atom. The Labute approximate surface area is 123 Å². The van der Waals surface area contributed by atoms with Gasteiger partial charge in [-0.15, -0.1) is 0 Å². The van der Waals surface area contributed by atoms with Gasteiger partial charge in [0.1, 0.15) is 17.5 Å². The summed E-state index contributed by atoms with van der Waals surface area (Å²) in [7, 11) is 0. The van der Waals surface area contributed by atoms with Crippen molar-refractivity contribution in [3.05, 3.63) is 35.9 Å². The number of hydrogen-bond donors (Lipinski definition) is 2. The Morgan fingerprint density at radius 3 is 3.05 bits per heavy atom. The molecule has 1 fully saturated rings. The van der Waals surface area contributed by atoms with Crippen LogP contribution in [0.25, 0.3) is 10.9 Å². The molecule has 0 radical (unpaired) electrons. The Bertz CT molecular complexity index is 710.